The molecule has 1 atom stereocenters. The highest BCUT2D eigenvalue weighted by Gasteiger charge is 2.38. The van der Waals surface area contributed by atoms with Gasteiger partial charge in [-0.15, -0.1) is 0 Å². The minimum absolute atomic E-state index is 0.178. The van der Waals surface area contributed by atoms with Crippen LogP contribution < -0.4 is 26.6 Å². The molecule has 0 saturated heterocycles. The summed E-state index contributed by atoms with van der Waals surface area (Å²) in [7, 11) is 0. The van der Waals surface area contributed by atoms with E-state index in [0.29, 0.717) is 30.6 Å². The number of ether oxygens (including phenoxy) is 1. The fourth-order valence-corrected chi connectivity index (χ4v) is 6.55. The van der Waals surface area contributed by atoms with Gasteiger partial charge in [-0.2, -0.15) is 18.3 Å². The van der Waals surface area contributed by atoms with Crippen molar-refractivity contribution < 1.29 is 56.9 Å². The number of carbonyl (C=O) groups is 6. The predicted molar refractivity (Wildman–Crippen MR) is 219 cm³/mol. The van der Waals surface area contributed by atoms with Crippen molar-refractivity contribution >= 4 is 52.5 Å². The summed E-state index contributed by atoms with van der Waals surface area (Å²) in [5.74, 6) is -3.66. The van der Waals surface area contributed by atoms with Crippen molar-refractivity contribution in [2.75, 3.05) is 25.0 Å². The van der Waals surface area contributed by atoms with Gasteiger partial charge in [-0.3, -0.25) is 19.5 Å². The van der Waals surface area contributed by atoms with Gasteiger partial charge in [0.25, 0.3) is 5.91 Å². The first-order valence-corrected chi connectivity index (χ1v) is 19.4. The monoisotopic (exact) mass is 853 g/mol. The first-order chi connectivity index (χ1) is 28.7. The molecule has 328 valence electrons. The van der Waals surface area contributed by atoms with Gasteiger partial charge >= 0.3 is 24.3 Å². The van der Waals surface area contributed by atoms with Gasteiger partial charge in [-0.05, 0) is 112 Å². The molecule has 61 heavy (non-hydrogen) atoms. The van der Waals surface area contributed by atoms with Crippen LogP contribution in [0, 0.1) is 18.8 Å². The predicted octanol–water partition coefficient (Wildman–Crippen LogP) is 6.17. The lowest BCUT2D eigenvalue weighted by Gasteiger charge is -2.29. The molecule has 8 N–H and O–H groups in total. The molecule has 1 aliphatic rings. The van der Waals surface area contributed by atoms with Crippen LogP contribution in [-0.4, -0.2) is 93.7 Å². The molecule has 0 unspecified atom stereocenters. The Bertz CT molecular complexity index is 2180. The molecule has 1 heterocycles. The van der Waals surface area contributed by atoms with Gasteiger partial charge in [0.05, 0.1) is 11.7 Å². The Labute approximate surface area is 349 Å². The summed E-state index contributed by atoms with van der Waals surface area (Å²) in [5.41, 5.74) is 4.85. The van der Waals surface area contributed by atoms with Crippen LogP contribution in [0.4, 0.5) is 28.4 Å². The zero-order chi connectivity index (χ0) is 44.9. The van der Waals surface area contributed by atoms with Gasteiger partial charge in [0.2, 0.25) is 11.8 Å². The number of aromatic nitrogens is 2. The molecular weight excluding hydrogens is 803 g/mol. The number of halogens is 3. The average molecular weight is 854 g/mol. The van der Waals surface area contributed by atoms with Crippen molar-refractivity contribution in [3.63, 3.8) is 0 Å². The third-order valence-corrected chi connectivity index (χ3v) is 9.62. The van der Waals surface area contributed by atoms with E-state index in [4.69, 9.17) is 19.7 Å². The van der Waals surface area contributed by atoms with E-state index in [0.717, 1.165) is 46.0 Å². The Kier molecular flexibility index (Phi) is 16.2. The Morgan fingerprint density at radius 2 is 1.52 bits per heavy atom. The average Bonchev–Trinajstić information content (AvgIpc) is 3.66. The van der Waals surface area contributed by atoms with Crippen molar-refractivity contribution in [1.82, 2.24) is 31.5 Å². The van der Waals surface area contributed by atoms with Crippen LogP contribution in [0.3, 0.4) is 0 Å². The smallest absolute Gasteiger partial charge is 0.475 e. The quantitative estimate of drug-likeness (QED) is 0.0712. The van der Waals surface area contributed by atoms with E-state index in [1.807, 2.05) is 49.4 Å². The number of alkyl halides is 3. The first-order valence-electron chi connectivity index (χ1n) is 19.4. The number of amides is 5. The normalized spacial score (nSPS) is 15.6. The molecule has 1 aliphatic carbocycles. The lowest BCUT2D eigenvalue weighted by atomic mass is 9.81. The Morgan fingerprint density at radius 3 is 2.13 bits per heavy atom. The zero-order valence-corrected chi connectivity index (χ0v) is 34.1. The molecule has 0 bridgehead atoms. The maximum atomic E-state index is 13.7. The molecule has 0 radical (unpaired) electrons. The number of fused-ring (bicyclic) bond motifs is 1. The lowest BCUT2D eigenvalue weighted by molar-refractivity contribution is -0.192. The summed E-state index contributed by atoms with van der Waals surface area (Å²) in [6, 6.07) is 17.8. The van der Waals surface area contributed by atoms with Gasteiger partial charge in [-0.1, -0.05) is 30.3 Å². The number of carboxylic acids is 1. The number of carboxylic acid groups (broad SMARTS) is 2. The van der Waals surface area contributed by atoms with E-state index >= 15 is 0 Å². The zero-order valence-electron chi connectivity index (χ0n) is 34.1. The molecular formula is C42H50F3N7O9. The van der Waals surface area contributed by atoms with Crippen molar-refractivity contribution in [1.29, 1.82) is 0 Å². The Hall–Kier alpha value is -6.66. The highest BCUT2D eigenvalue weighted by Crippen LogP contribution is 2.29. The van der Waals surface area contributed by atoms with E-state index in [9.17, 15) is 37.1 Å². The number of aliphatic carboxylic acids is 1. The highest BCUT2D eigenvalue weighted by molar-refractivity contribution is 5.99. The number of rotatable bonds is 13. The molecule has 0 aliphatic heterocycles. The van der Waals surface area contributed by atoms with E-state index in [1.54, 1.807) is 45.2 Å². The van der Waals surface area contributed by atoms with Crippen molar-refractivity contribution in [3.05, 3.63) is 83.6 Å². The van der Waals surface area contributed by atoms with E-state index in [2.05, 4.69) is 36.8 Å². The Balaban J connectivity index is 0.00000107. The van der Waals surface area contributed by atoms with Crippen LogP contribution in [0.15, 0.2) is 66.9 Å². The van der Waals surface area contributed by atoms with Crippen LogP contribution in [0.1, 0.15) is 67.9 Å². The summed E-state index contributed by atoms with van der Waals surface area (Å²) >= 11 is 0. The van der Waals surface area contributed by atoms with Gasteiger partial charge in [0, 0.05) is 48.6 Å². The van der Waals surface area contributed by atoms with Crippen LogP contribution in [0.25, 0.3) is 22.0 Å². The summed E-state index contributed by atoms with van der Waals surface area (Å²) in [5, 5.41) is 37.7. The second-order valence-corrected chi connectivity index (χ2v) is 15.5. The largest absolute Gasteiger partial charge is 0.490 e. The van der Waals surface area contributed by atoms with Gasteiger partial charge < -0.3 is 41.5 Å². The van der Waals surface area contributed by atoms with Crippen molar-refractivity contribution in [2.24, 2.45) is 11.8 Å². The number of nitrogens with one attached hydrogen (secondary N) is 6. The number of nitrogens with zero attached hydrogens (tertiary/aromatic N) is 1. The number of hydrogen-bond acceptors (Lipinski definition) is 8. The van der Waals surface area contributed by atoms with E-state index < -0.39 is 36.0 Å². The number of aromatic amines is 1. The molecule has 4 aromatic rings. The molecule has 5 rings (SSSR count). The second-order valence-electron chi connectivity index (χ2n) is 15.5. The molecule has 3 aromatic carbocycles. The summed E-state index contributed by atoms with van der Waals surface area (Å²) < 4.78 is 36.9. The molecule has 19 heteroatoms. The number of benzene rings is 3. The van der Waals surface area contributed by atoms with Gasteiger partial charge in [0.1, 0.15) is 11.6 Å². The van der Waals surface area contributed by atoms with Gasteiger partial charge in [-0.25, -0.2) is 14.4 Å². The van der Waals surface area contributed by atoms with Crippen LogP contribution >= 0.6 is 0 Å². The number of alkyl carbamates (subject to hydrolysis) is 1. The summed E-state index contributed by atoms with van der Waals surface area (Å²) in [4.78, 5) is 71.6. The van der Waals surface area contributed by atoms with Crippen LogP contribution in [0.2, 0.25) is 0 Å². The van der Waals surface area contributed by atoms with Crippen molar-refractivity contribution in [3.8, 4) is 11.1 Å². The Morgan fingerprint density at radius 1 is 0.869 bits per heavy atom. The van der Waals surface area contributed by atoms with Crippen LogP contribution in [0.5, 0.6) is 0 Å². The SMILES string of the molecule is Cc1cc(C(=O)NCCNC(=O)OC(C)(C)C)ccc1-c1ccc(C[C@H](NC(=O)[C@H]2CC[C@H](CNC(=O)O)CC2)C(=O)Nc2ccc3cn[nH]c3c2)cc1.O=C(O)C(F)(F)F. The summed E-state index contributed by atoms with van der Waals surface area (Å²) in [6.07, 6.45) is -2.06. The van der Waals surface area contributed by atoms with E-state index in [-0.39, 0.29) is 49.1 Å². The number of hydrogen-bond donors (Lipinski definition) is 8. The molecule has 5 amide bonds. The third kappa shape index (κ3) is 15.1. The fourth-order valence-electron chi connectivity index (χ4n) is 6.55. The lowest BCUT2D eigenvalue weighted by Crippen LogP contribution is -2.48. The van der Waals surface area contributed by atoms with Crippen molar-refractivity contribution in [2.45, 2.75) is 77.6 Å². The minimum Gasteiger partial charge on any atom is -0.475 e. The fraction of sp³-hybridized carbons (Fsp3) is 0.405. The number of aryl methyl sites for hydroxylation is 1. The minimum atomic E-state index is -5.08. The molecule has 0 spiro atoms. The molecule has 1 aromatic heterocycles. The molecule has 16 nitrogen and oxygen atoms in total. The standard InChI is InChI=1S/C40H49N7O7.C2HF3O2/c1-24-19-29(35(48)41-17-18-42-39(53)54-40(2,3)4)14-16-32(24)27-9-5-25(6-10-27)20-34(37(50)45-31-15-13-30-23-44-47-33(30)21-31)46-36(49)28-11-7-26(8-12-28)22-43-38(51)52;3-2(4,5)1(6)7/h5-6,9-10,13-16,19,21,23,26,28,34,43H,7-8,11-12,17-18,20,22H2,1-4H3,(H,41,48)(H,42,53)(H,44,47)(H,45,50)(H,46,49)(H,51,52);(H,6,7)/t26-,28-,34-;/m0./s1. The maximum Gasteiger partial charge on any atom is 0.490 e. The third-order valence-electron chi connectivity index (χ3n) is 9.62. The number of H-pyrrole nitrogens is 1. The maximum absolute atomic E-state index is 13.7. The van der Waals surface area contributed by atoms with Crippen LogP contribution in [-0.2, 0) is 25.5 Å². The highest BCUT2D eigenvalue weighted by atomic mass is 19.4. The summed E-state index contributed by atoms with van der Waals surface area (Å²) in [6.45, 7) is 8.10. The first kappa shape index (κ1) is 47.0. The molecule has 1 saturated carbocycles. The number of carbonyl (C=O) groups excluding carboxylic acids is 4. The number of anilines is 1. The topological polar surface area (TPSA) is 241 Å². The molecule has 1 fully saturated rings. The van der Waals surface area contributed by atoms with E-state index in [1.165, 1.54) is 0 Å². The van der Waals surface area contributed by atoms with Gasteiger partial charge in [0.15, 0.2) is 0 Å². The second kappa shape index (κ2) is 21.0.